The van der Waals surface area contributed by atoms with Crippen LogP contribution >= 0.6 is 0 Å². The van der Waals surface area contributed by atoms with Gasteiger partial charge in [0.05, 0.1) is 17.4 Å². The van der Waals surface area contributed by atoms with Crippen molar-refractivity contribution in [2.24, 2.45) is 11.8 Å². The second-order valence-electron chi connectivity index (χ2n) is 5.85. The number of carbonyl (C=O) groups excluding carboxylic acids is 1. The fourth-order valence-corrected chi connectivity index (χ4v) is 2.39. The zero-order valence-corrected chi connectivity index (χ0v) is 12.7. The number of ether oxygens (including phenoxy) is 1. The van der Waals surface area contributed by atoms with Gasteiger partial charge in [-0.05, 0) is 20.8 Å². The molecule has 1 fully saturated rings. The molecule has 0 bridgehead atoms. The van der Waals surface area contributed by atoms with Gasteiger partial charge < -0.3 is 20.1 Å². The van der Waals surface area contributed by atoms with Gasteiger partial charge in [-0.1, -0.05) is 0 Å². The number of alkyl halides is 3. The van der Waals surface area contributed by atoms with E-state index in [1.165, 1.54) is 0 Å². The monoisotopic (exact) mass is 326 g/mol. The molecule has 2 N–H and O–H groups in total. The molecule has 1 heterocycles. The van der Waals surface area contributed by atoms with Gasteiger partial charge in [-0.25, -0.2) is 4.79 Å². The van der Waals surface area contributed by atoms with Crippen molar-refractivity contribution in [2.45, 2.75) is 32.5 Å². The molecule has 0 saturated carbocycles. The highest BCUT2D eigenvalue weighted by Gasteiger charge is 2.53. The van der Waals surface area contributed by atoms with E-state index in [1.807, 2.05) is 0 Å². The lowest BCUT2D eigenvalue weighted by Crippen LogP contribution is -2.46. The Bertz CT molecular complexity index is 426. The summed E-state index contributed by atoms with van der Waals surface area (Å²) in [5.74, 6) is -5.23. The van der Waals surface area contributed by atoms with Crippen molar-refractivity contribution in [3.05, 3.63) is 0 Å². The fourth-order valence-electron chi connectivity index (χ4n) is 2.39. The predicted molar refractivity (Wildman–Crippen MR) is 71.3 cm³/mol. The van der Waals surface area contributed by atoms with Crippen LogP contribution in [0.2, 0.25) is 0 Å². The molecule has 1 rings (SSSR count). The van der Waals surface area contributed by atoms with Crippen LogP contribution in [0.4, 0.5) is 18.0 Å². The zero-order valence-electron chi connectivity index (χ0n) is 12.7. The van der Waals surface area contributed by atoms with Crippen molar-refractivity contribution >= 4 is 12.0 Å². The third-order valence-corrected chi connectivity index (χ3v) is 3.55. The van der Waals surface area contributed by atoms with E-state index < -0.39 is 48.7 Å². The first-order valence-corrected chi connectivity index (χ1v) is 6.94. The number of rotatable bonds is 5. The summed E-state index contributed by atoms with van der Waals surface area (Å²) < 4.78 is 43.9. The van der Waals surface area contributed by atoms with Gasteiger partial charge in [0, 0.05) is 26.2 Å². The smallest absolute Gasteiger partial charge is 0.394 e. The number of carbonyl (C=O) groups is 2. The first-order chi connectivity index (χ1) is 9.98. The zero-order chi connectivity index (χ0) is 17.1. The third kappa shape index (κ3) is 4.75. The Morgan fingerprint density at radius 2 is 1.91 bits per heavy atom. The van der Waals surface area contributed by atoms with E-state index in [4.69, 9.17) is 9.84 Å². The molecule has 1 aliphatic rings. The maximum atomic E-state index is 12.8. The molecule has 22 heavy (non-hydrogen) atoms. The summed E-state index contributed by atoms with van der Waals surface area (Å²) in [6.45, 7) is 4.70. The normalized spacial score (nSPS) is 22.7. The van der Waals surface area contributed by atoms with Crippen LogP contribution in [0.1, 0.15) is 20.8 Å². The van der Waals surface area contributed by atoms with Crippen molar-refractivity contribution < 1.29 is 32.6 Å². The molecule has 6 nitrogen and oxygen atoms in total. The van der Waals surface area contributed by atoms with Crippen LogP contribution in [0.3, 0.4) is 0 Å². The van der Waals surface area contributed by atoms with E-state index in [9.17, 15) is 22.8 Å². The first kappa shape index (κ1) is 18.5. The summed E-state index contributed by atoms with van der Waals surface area (Å²) in [5, 5.41) is 11.4. The highest BCUT2D eigenvalue weighted by molar-refractivity contribution is 5.77. The van der Waals surface area contributed by atoms with E-state index in [1.54, 1.807) is 20.8 Å². The highest BCUT2D eigenvalue weighted by atomic mass is 19.4. The lowest BCUT2D eigenvalue weighted by atomic mass is 9.96. The number of halogens is 3. The minimum atomic E-state index is -4.65. The van der Waals surface area contributed by atoms with E-state index in [0.717, 1.165) is 4.90 Å². The highest BCUT2D eigenvalue weighted by Crippen LogP contribution is 2.37. The second-order valence-corrected chi connectivity index (χ2v) is 5.85. The van der Waals surface area contributed by atoms with Gasteiger partial charge in [-0.2, -0.15) is 13.2 Å². The number of nitrogens with one attached hydrogen (secondary N) is 1. The molecule has 0 aromatic rings. The Morgan fingerprint density at radius 3 is 2.32 bits per heavy atom. The Morgan fingerprint density at radius 1 is 1.32 bits per heavy atom. The molecule has 2 amide bonds. The number of hydrogen-bond donors (Lipinski definition) is 2. The number of nitrogens with zero attached hydrogens (tertiary/aromatic N) is 1. The molecule has 0 unspecified atom stereocenters. The van der Waals surface area contributed by atoms with Crippen LogP contribution < -0.4 is 5.32 Å². The number of carboxylic acid groups (broad SMARTS) is 1. The first-order valence-electron chi connectivity index (χ1n) is 6.94. The third-order valence-electron chi connectivity index (χ3n) is 3.55. The number of carboxylic acids is 1. The molecule has 0 spiro atoms. The molecule has 1 aliphatic heterocycles. The van der Waals surface area contributed by atoms with Gasteiger partial charge in [0.1, 0.15) is 0 Å². The molecule has 0 aromatic heterocycles. The quantitative estimate of drug-likeness (QED) is 0.806. The average molecular weight is 326 g/mol. The Hall–Kier alpha value is -1.51. The summed E-state index contributed by atoms with van der Waals surface area (Å²) in [7, 11) is 0. The number of aliphatic carboxylic acids is 1. The van der Waals surface area contributed by atoms with Crippen molar-refractivity contribution in [2.75, 3.05) is 26.2 Å². The predicted octanol–water partition coefficient (Wildman–Crippen LogP) is 1.71. The summed E-state index contributed by atoms with van der Waals surface area (Å²) in [6.07, 6.45) is -4.65. The van der Waals surface area contributed by atoms with Crippen LogP contribution in [0.5, 0.6) is 0 Å². The summed E-state index contributed by atoms with van der Waals surface area (Å²) in [5.41, 5.74) is -0.653. The molecular formula is C13H21F3N2O4. The Labute approximate surface area is 126 Å². The number of urea groups is 1. The van der Waals surface area contributed by atoms with Crippen LogP contribution in [0, 0.1) is 11.8 Å². The SMILES string of the molecule is CCOC(C)(C)CNC(=O)N1C[C@@H](C(F)(F)F)[C@H](C(=O)O)C1. The van der Waals surface area contributed by atoms with Crippen LogP contribution in [0.25, 0.3) is 0 Å². The lowest BCUT2D eigenvalue weighted by Gasteiger charge is -2.26. The van der Waals surface area contributed by atoms with E-state index in [2.05, 4.69) is 5.32 Å². The average Bonchev–Trinajstić information content (AvgIpc) is 2.81. The standard InChI is InChI=1S/C13H21F3N2O4/c1-4-22-12(2,3)7-17-11(21)18-5-8(10(19)20)9(6-18)13(14,15)16/h8-9H,4-7H2,1-3H3,(H,17,21)(H,19,20)/t8-,9-/m1/s1. The summed E-state index contributed by atoms with van der Waals surface area (Å²) in [6, 6.07) is -0.717. The van der Waals surface area contributed by atoms with E-state index >= 15 is 0 Å². The van der Waals surface area contributed by atoms with Gasteiger partial charge in [0.2, 0.25) is 0 Å². The van der Waals surface area contributed by atoms with Gasteiger partial charge in [-0.3, -0.25) is 4.79 Å². The largest absolute Gasteiger partial charge is 0.481 e. The van der Waals surface area contributed by atoms with Gasteiger partial charge in [0.15, 0.2) is 0 Å². The van der Waals surface area contributed by atoms with Crippen LogP contribution in [-0.4, -0.2) is 60.0 Å². The van der Waals surface area contributed by atoms with Crippen molar-refractivity contribution in [1.82, 2.24) is 10.2 Å². The van der Waals surface area contributed by atoms with Gasteiger partial charge in [-0.15, -0.1) is 0 Å². The molecular weight excluding hydrogens is 305 g/mol. The van der Waals surface area contributed by atoms with Crippen molar-refractivity contribution in [3.63, 3.8) is 0 Å². The molecule has 1 saturated heterocycles. The van der Waals surface area contributed by atoms with E-state index in [-0.39, 0.29) is 6.54 Å². The maximum Gasteiger partial charge on any atom is 0.394 e. The minimum absolute atomic E-state index is 0.116. The van der Waals surface area contributed by atoms with Crippen molar-refractivity contribution in [3.8, 4) is 0 Å². The van der Waals surface area contributed by atoms with Crippen LogP contribution in [0.15, 0.2) is 0 Å². The molecule has 0 radical (unpaired) electrons. The number of amides is 2. The maximum absolute atomic E-state index is 12.8. The fraction of sp³-hybridized carbons (Fsp3) is 0.846. The van der Waals surface area contributed by atoms with Gasteiger partial charge in [0.25, 0.3) is 0 Å². The molecule has 0 aromatic carbocycles. The molecule has 2 atom stereocenters. The van der Waals surface area contributed by atoms with Crippen molar-refractivity contribution in [1.29, 1.82) is 0 Å². The minimum Gasteiger partial charge on any atom is -0.481 e. The Balaban J connectivity index is 2.66. The number of likely N-dealkylation sites (tertiary alicyclic amines) is 1. The summed E-state index contributed by atoms with van der Waals surface area (Å²) >= 11 is 0. The van der Waals surface area contributed by atoms with Crippen LogP contribution in [-0.2, 0) is 9.53 Å². The topological polar surface area (TPSA) is 78.9 Å². The summed E-state index contributed by atoms with van der Waals surface area (Å²) in [4.78, 5) is 23.8. The molecule has 9 heteroatoms. The lowest BCUT2D eigenvalue weighted by molar-refractivity contribution is -0.187. The van der Waals surface area contributed by atoms with E-state index in [0.29, 0.717) is 6.61 Å². The second kappa shape index (κ2) is 6.72. The molecule has 0 aliphatic carbocycles. The number of hydrogen-bond acceptors (Lipinski definition) is 3. The van der Waals surface area contributed by atoms with Gasteiger partial charge >= 0.3 is 18.2 Å². The Kier molecular flexibility index (Phi) is 5.66. The molecule has 128 valence electrons.